The van der Waals surface area contributed by atoms with Gasteiger partial charge in [-0.05, 0) is 6.07 Å². The van der Waals surface area contributed by atoms with Crippen LogP contribution in [0, 0.1) is 26.0 Å². The minimum atomic E-state index is -1.56. The van der Waals surface area contributed by atoms with E-state index in [1.165, 1.54) is 25.1 Å². The van der Waals surface area contributed by atoms with Gasteiger partial charge < -0.3 is 9.84 Å². The molecule has 27 heavy (non-hydrogen) atoms. The Kier molecular flexibility index (Phi) is 4.36. The van der Waals surface area contributed by atoms with Crippen LogP contribution < -0.4 is 0 Å². The zero-order valence-electron chi connectivity index (χ0n) is 13.9. The fourth-order valence-corrected chi connectivity index (χ4v) is 3.27. The number of carboxylic acids is 1. The van der Waals surface area contributed by atoms with E-state index < -0.39 is 50.1 Å². The predicted molar refractivity (Wildman–Crippen MR) is 89.2 cm³/mol. The molecule has 0 spiro atoms. The molecule has 140 valence electrons. The van der Waals surface area contributed by atoms with Gasteiger partial charge in [-0.15, -0.1) is 0 Å². The number of benzene rings is 2. The van der Waals surface area contributed by atoms with Crippen molar-refractivity contribution in [3.05, 3.63) is 79.1 Å². The van der Waals surface area contributed by atoms with Gasteiger partial charge in [0.2, 0.25) is 0 Å². The number of rotatable bonds is 6. The number of nitro groups is 2. The van der Waals surface area contributed by atoms with E-state index in [0.717, 1.165) is 6.07 Å². The molecule has 0 saturated carbocycles. The molecule has 2 atom stereocenters. The molecule has 3 rings (SSSR count). The third-order valence-corrected chi connectivity index (χ3v) is 4.70. The van der Waals surface area contributed by atoms with E-state index in [-0.39, 0.29) is 17.7 Å². The van der Waals surface area contributed by atoms with Gasteiger partial charge in [-0.2, -0.15) is 0 Å². The predicted octanol–water partition coefficient (Wildman–Crippen LogP) is 3.37. The van der Waals surface area contributed by atoms with Crippen LogP contribution in [0.5, 0.6) is 0 Å². The molecule has 9 nitrogen and oxygen atoms in total. The maximum atomic E-state index is 14.3. The summed E-state index contributed by atoms with van der Waals surface area (Å²) >= 11 is 0. The Bertz CT molecular complexity index is 936. The minimum Gasteiger partial charge on any atom is -0.478 e. The molecule has 0 aromatic heterocycles. The molecule has 2 aromatic rings. The fraction of sp³-hybridized carbons (Fsp3) is 0.235. The number of carbonyl (C=O) groups is 1. The molecular weight excluding hydrogens is 363 g/mol. The standard InChI is InChI=1S/C17H13FN2O7/c1-9(17(8-27-17)12-4-2-3-5-13(12)18)15-11(16(21)22)6-10(19(23)24)7-14(15)20(25)26/h2-7,9H,8H2,1H3,(H,21,22)/t9-,17-/m1/s1. The van der Waals surface area contributed by atoms with Crippen LogP contribution in [0.4, 0.5) is 15.8 Å². The zero-order valence-corrected chi connectivity index (χ0v) is 13.9. The van der Waals surface area contributed by atoms with Crippen molar-refractivity contribution in [2.75, 3.05) is 6.61 Å². The first-order valence-electron chi connectivity index (χ1n) is 7.78. The van der Waals surface area contributed by atoms with Gasteiger partial charge in [-0.3, -0.25) is 20.2 Å². The van der Waals surface area contributed by atoms with Crippen molar-refractivity contribution in [3.8, 4) is 0 Å². The quantitative estimate of drug-likeness (QED) is 0.463. The second kappa shape index (κ2) is 6.40. The average Bonchev–Trinajstić information content (AvgIpc) is 3.41. The van der Waals surface area contributed by atoms with E-state index in [0.29, 0.717) is 6.07 Å². The summed E-state index contributed by atoms with van der Waals surface area (Å²) in [5.74, 6) is -3.10. The summed E-state index contributed by atoms with van der Waals surface area (Å²) in [4.78, 5) is 32.4. The van der Waals surface area contributed by atoms with Crippen LogP contribution in [0.15, 0.2) is 36.4 Å². The number of epoxide rings is 1. The van der Waals surface area contributed by atoms with Crippen LogP contribution in [-0.2, 0) is 10.3 Å². The van der Waals surface area contributed by atoms with Crippen molar-refractivity contribution in [2.45, 2.75) is 18.4 Å². The van der Waals surface area contributed by atoms with E-state index in [1.807, 2.05) is 0 Å². The Morgan fingerprint density at radius 1 is 1.26 bits per heavy atom. The molecule has 10 heteroatoms. The number of halogens is 1. The number of aromatic carboxylic acids is 1. The molecule has 0 amide bonds. The van der Waals surface area contributed by atoms with Crippen molar-refractivity contribution >= 4 is 17.3 Å². The molecule has 2 aromatic carbocycles. The molecule has 1 fully saturated rings. The van der Waals surface area contributed by atoms with Crippen molar-refractivity contribution in [1.82, 2.24) is 0 Å². The Morgan fingerprint density at radius 3 is 2.37 bits per heavy atom. The summed E-state index contributed by atoms with van der Waals surface area (Å²) in [6.45, 7) is 1.50. The smallest absolute Gasteiger partial charge is 0.336 e. The van der Waals surface area contributed by atoms with Gasteiger partial charge in [0.1, 0.15) is 11.4 Å². The maximum absolute atomic E-state index is 14.3. The molecule has 1 aliphatic heterocycles. The van der Waals surface area contributed by atoms with Gasteiger partial charge in [-0.25, -0.2) is 9.18 Å². The van der Waals surface area contributed by atoms with Gasteiger partial charge in [0, 0.05) is 17.5 Å². The summed E-state index contributed by atoms with van der Waals surface area (Å²) < 4.78 is 19.7. The lowest BCUT2D eigenvalue weighted by atomic mass is 9.79. The van der Waals surface area contributed by atoms with E-state index >= 15 is 0 Å². The number of carboxylic acid groups (broad SMARTS) is 1. The SMILES string of the molecule is C[C@H](c1c(C(=O)O)cc([N+](=O)[O-])cc1[N+](=O)[O-])[C@@]1(c2ccccc2F)CO1. The Balaban J connectivity index is 2.24. The number of hydrogen-bond donors (Lipinski definition) is 1. The maximum Gasteiger partial charge on any atom is 0.336 e. The van der Waals surface area contributed by atoms with Crippen LogP contribution in [0.2, 0.25) is 0 Å². The van der Waals surface area contributed by atoms with Gasteiger partial charge in [0.05, 0.1) is 33.6 Å². The van der Waals surface area contributed by atoms with Crippen molar-refractivity contribution in [2.24, 2.45) is 0 Å². The third kappa shape index (κ3) is 2.99. The highest BCUT2D eigenvalue weighted by Crippen LogP contribution is 2.53. The minimum absolute atomic E-state index is 0.0301. The first-order chi connectivity index (χ1) is 12.7. The number of ether oxygens (including phenoxy) is 1. The summed E-state index contributed by atoms with van der Waals surface area (Å²) in [6, 6.07) is 7.16. The van der Waals surface area contributed by atoms with Crippen LogP contribution in [0.1, 0.15) is 34.3 Å². The molecule has 1 saturated heterocycles. The molecule has 0 radical (unpaired) electrons. The third-order valence-electron chi connectivity index (χ3n) is 4.70. The molecule has 0 aliphatic carbocycles. The largest absolute Gasteiger partial charge is 0.478 e. The van der Waals surface area contributed by atoms with E-state index in [9.17, 15) is 34.5 Å². The lowest BCUT2D eigenvalue weighted by Crippen LogP contribution is -2.23. The monoisotopic (exact) mass is 376 g/mol. The van der Waals surface area contributed by atoms with E-state index in [2.05, 4.69) is 0 Å². The molecule has 0 bridgehead atoms. The highest BCUT2D eigenvalue weighted by molar-refractivity contribution is 5.92. The lowest BCUT2D eigenvalue weighted by Gasteiger charge is -2.22. The number of non-ortho nitro benzene ring substituents is 1. The summed E-state index contributed by atoms with van der Waals surface area (Å²) in [7, 11) is 0. The van der Waals surface area contributed by atoms with Gasteiger partial charge in [0.25, 0.3) is 11.4 Å². The van der Waals surface area contributed by atoms with Gasteiger partial charge in [0.15, 0.2) is 0 Å². The summed E-state index contributed by atoms with van der Waals surface area (Å²) in [6.07, 6.45) is 0. The summed E-state index contributed by atoms with van der Waals surface area (Å²) in [5, 5.41) is 32.0. The molecule has 1 aliphatic rings. The fourth-order valence-electron chi connectivity index (χ4n) is 3.27. The Hall–Kier alpha value is -3.40. The molecule has 1 heterocycles. The zero-order chi connectivity index (χ0) is 19.9. The normalized spacial score (nSPS) is 19.3. The second-order valence-electron chi connectivity index (χ2n) is 6.13. The van der Waals surface area contributed by atoms with Crippen LogP contribution in [0.3, 0.4) is 0 Å². The first kappa shape index (κ1) is 18.4. The second-order valence-corrected chi connectivity index (χ2v) is 6.13. The van der Waals surface area contributed by atoms with Gasteiger partial charge in [-0.1, -0.05) is 25.1 Å². The van der Waals surface area contributed by atoms with Gasteiger partial charge >= 0.3 is 5.97 Å². The van der Waals surface area contributed by atoms with Crippen molar-refractivity contribution in [1.29, 1.82) is 0 Å². The Morgan fingerprint density at radius 2 is 1.89 bits per heavy atom. The Labute approximate surface area is 151 Å². The van der Waals surface area contributed by atoms with Crippen LogP contribution in [-0.4, -0.2) is 27.5 Å². The molecule has 0 unspecified atom stereocenters. The highest BCUT2D eigenvalue weighted by atomic mass is 19.1. The van der Waals surface area contributed by atoms with Crippen LogP contribution in [0.25, 0.3) is 0 Å². The molecular formula is C17H13FN2O7. The first-order valence-corrected chi connectivity index (χ1v) is 7.78. The molecule has 1 N–H and O–H groups in total. The number of hydrogen-bond acceptors (Lipinski definition) is 6. The van der Waals surface area contributed by atoms with Crippen LogP contribution >= 0.6 is 0 Å². The lowest BCUT2D eigenvalue weighted by molar-refractivity contribution is -0.394. The number of nitrogens with zero attached hydrogens (tertiary/aromatic N) is 2. The topological polar surface area (TPSA) is 136 Å². The average molecular weight is 376 g/mol. The van der Waals surface area contributed by atoms with Crippen molar-refractivity contribution < 1.29 is 28.9 Å². The highest BCUT2D eigenvalue weighted by Gasteiger charge is 2.55. The van der Waals surface area contributed by atoms with Crippen molar-refractivity contribution in [3.63, 3.8) is 0 Å². The van der Waals surface area contributed by atoms with E-state index in [1.54, 1.807) is 6.07 Å². The van der Waals surface area contributed by atoms with E-state index in [4.69, 9.17) is 4.74 Å². The number of nitro benzene ring substituents is 2. The summed E-state index contributed by atoms with van der Waals surface area (Å²) in [5.41, 5.74) is -3.42.